The first kappa shape index (κ1) is 14.7. The van der Waals surface area contributed by atoms with Crippen LogP contribution in [0.25, 0.3) is 0 Å². The average Bonchev–Trinajstić information content (AvgIpc) is 2.98. The van der Waals surface area contributed by atoms with Crippen LogP contribution in [0.5, 0.6) is 0 Å². The van der Waals surface area contributed by atoms with Crippen molar-refractivity contribution in [1.29, 1.82) is 0 Å². The van der Waals surface area contributed by atoms with E-state index in [1.807, 2.05) is 16.9 Å². The number of aromatic nitrogens is 1. The Hall–Kier alpha value is -2.19. The number of carbonyl (C=O) groups excluding carboxylic acids is 1. The van der Waals surface area contributed by atoms with E-state index in [1.165, 1.54) is 12.3 Å². The molecule has 2 aromatic rings. The van der Waals surface area contributed by atoms with Gasteiger partial charge in [0.15, 0.2) is 6.10 Å². The molecule has 0 aliphatic carbocycles. The molecule has 0 spiro atoms. The summed E-state index contributed by atoms with van der Waals surface area (Å²) < 4.78 is 36.0. The normalized spacial score (nSPS) is 17.7. The van der Waals surface area contributed by atoms with Crippen LogP contribution in [0.15, 0.2) is 41.1 Å². The molecule has 0 unspecified atom stereocenters. The van der Waals surface area contributed by atoms with Gasteiger partial charge in [0.2, 0.25) is 10.0 Å². The monoisotopic (exact) mass is 322 g/mol. The van der Waals surface area contributed by atoms with E-state index in [0.29, 0.717) is 18.6 Å². The summed E-state index contributed by atoms with van der Waals surface area (Å²) in [7, 11) is -3.86. The van der Waals surface area contributed by atoms with Gasteiger partial charge >= 0.3 is 0 Å². The van der Waals surface area contributed by atoms with Crippen molar-refractivity contribution in [3.05, 3.63) is 53.4 Å². The largest absolute Gasteiger partial charge is 0.364 e. The van der Waals surface area contributed by atoms with Crippen LogP contribution in [0.1, 0.15) is 22.9 Å². The molecule has 7 nitrogen and oxygen atoms in total. The van der Waals surface area contributed by atoms with Gasteiger partial charge in [0.25, 0.3) is 5.91 Å². The molecule has 0 saturated carbocycles. The molecule has 1 aliphatic heterocycles. The molecule has 0 radical (unpaired) electrons. The summed E-state index contributed by atoms with van der Waals surface area (Å²) in [6, 6.07) is 8.76. The van der Waals surface area contributed by atoms with E-state index in [1.54, 1.807) is 12.1 Å². The number of rotatable bonds is 4. The molecule has 22 heavy (non-hydrogen) atoms. The summed E-state index contributed by atoms with van der Waals surface area (Å²) >= 11 is 0. The van der Waals surface area contributed by atoms with Crippen molar-refractivity contribution in [2.75, 3.05) is 6.61 Å². The smallest absolute Gasteiger partial charge is 0.267 e. The van der Waals surface area contributed by atoms with Gasteiger partial charge in [-0.15, -0.1) is 0 Å². The highest BCUT2D eigenvalue weighted by Gasteiger charge is 2.30. The number of carbonyl (C=O) groups is 1. The molecule has 1 atom stereocenters. The minimum Gasteiger partial charge on any atom is -0.364 e. The highest BCUT2D eigenvalue weighted by atomic mass is 32.2. The molecule has 1 aliphatic rings. The molecule has 3 rings (SSSR count). The average molecular weight is 322 g/mol. The van der Waals surface area contributed by atoms with Crippen molar-refractivity contribution >= 4 is 15.9 Å². The lowest BCUT2D eigenvalue weighted by Gasteiger charge is -2.24. The number of nitrogens with one attached hydrogen (secondary N) is 1. The Labute approximate surface area is 127 Å². The lowest BCUT2D eigenvalue weighted by molar-refractivity contribution is -0.132. The van der Waals surface area contributed by atoms with Crippen LogP contribution in [-0.2, 0) is 31.7 Å². The zero-order valence-corrected chi connectivity index (χ0v) is 12.4. The van der Waals surface area contributed by atoms with Gasteiger partial charge in [-0.3, -0.25) is 9.52 Å². The van der Waals surface area contributed by atoms with E-state index in [2.05, 4.69) is 9.68 Å². The molecule has 8 heteroatoms. The second-order valence-electron chi connectivity index (χ2n) is 4.92. The Morgan fingerprint density at radius 2 is 2.14 bits per heavy atom. The van der Waals surface area contributed by atoms with Gasteiger partial charge < -0.3 is 9.26 Å². The molecule has 0 fully saturated rings. The molecule has 1 aromatic carbocycles. The zero-order valence-electron chi connectivity index (χ0n) is 11.6. The first-order chi connectivity index (χ1) is 10.6. The molecule has 116 valence electrons. The third-order valence-corrected chi connectivity index (χ3v) is 4.50. The summed E-state index contributed by atoms with van der Waals surface area (Å²) in [4.78, 5) is 12.2. The first-order valence-corrected chi connectivity index (χ1v) is 8.33. The van der Waals surface area contributed by atoms with E-state index >= 15 is 0 Å². The fraction of sp³-hybridized carbons (Fsp3) is 0.286. The first-order valence-electron chi connectivity index (χ1n) is 6.68. The van der Waals surface area contributed by atoms with Crippen LogP contribution in [0.2, 0.25) is 0 Å². The van der Waals surface area contributed by atoms with Crippen molar-refractivity contribution in [3.63, 3.8) is 0 Å². The molecule has 1 N–H and O–H groups in total. The molecule has 0 saturated heterocycles. The van der Waals surface area contributed by atoms with Crippen molar-refractivity contribution in [1.82, 2.24) is 9.88 Å². The maximum atomic E-state index is 12.2. The quantitative estimate of drug-likeness (QED) is 0.899. The van der Waals surface area contributed by atoms with Crippen molar-refractivity contribution in [2.45, 2.75) is 18.3 Å². The van der Waals surface area contributed by atoms with Crippen LogP contribution in [-0.4, -0.2) is 26.1 Å². The minimum atomic E-state index is -3.86. The summed E-state index contributed by atoms with van der Waals surface area (Å²) in [6.07, 6.45) is 1.05. The fourth-order valence-corrected chi connectivity index (χ4v) is 3.38. The summed E-state index contributed by atoms with van der Waals surface area (Å²) in [5.74, 6) is -1.13. The minimum absolute atomic E-state index is 0.227. The van der Waals surface area contributed by atoms with Crippen LogP contribution >= 0.6 is 0 Å². The van der Waals surface area contributed by atoms with E-state index in [9.17, 15) is 13.2 Å². The molecular formula is C14H14N2O5S. The van der Waals surface area contributed by atoms with E-state index in [-0.39, 0.29) is 5.69 Å². The zero-order chi connectivity index (χ0) is 15.6. The maximum Gasteiger partial charge on any atom is 0.267 e. The number of ether oxygens (including phenoxy) is 1. The van der Waals surface area contributed by atoms with Gasteiger partial charge in [0, 0.05) is 6.07 Å². The lowest BCUT2D eigenvalue weighted by atomic mass is 9.97. The van der Waals surface area contributed by atoms with Gasteiger partial charge in [0.05, 0.1) is 6.61 Å². The number of nitrogens with zero attached hydrogens (tertiary/aromatic N) is 1. The number of amides is 1. The van der Waals surface area contributed by atoms with Crippen LogP contribution in [0.3, 0.4) is 0 Å². The number of benzene rings is 1. The molecule has 1 amide bonds. The van der Waals surface area contributed by atoms with Gasteiger partial charge in [-0.2, -0.15) is 0 Å². The summed E-state index contributed by atoms with van der Waals surface area (Å²) in [6.45, 7) is 0.373. The topological polar surface area (TPSA) is 98.5 Å². The summed E-state index contributed by atoms with van der Waals surface area (Å²) in [5.41, 5.74) is 1.91. The third kappa shape index (κ3) is 3.18. The Balaban J connectivity index is 1.75. The predicted octanol–water partition coefficient (Wildman–Crippen LogP) is 0.935. The number of sulfonamides is 1. The van der Waals surface area contributed by atoms with E-state index in [0.717, 1.165) is 5.56 Å². The lowest BCUT2D eigenvalue weighted by Crippen LogP contribution is -2.38. The van der Waals surface area contributed by atoms with Gasteiger partial charge in [-0.05, 0) is 17.5 Å². The highest BCUT2D eigenvalue weighted by molar-refractivity contribution is 7.89. The van der Waals surface area contributed by atoms with Gasteiger partial charge in [0.1, 0.15) is 17.7 Å². The molecule has 2 heterocycles. The Morgan fingerprint density at radius 1 is 1.32 bits per heavy atom. The molecule has 0 bridgehead atoms. The fourth-order valence-electron chi connectivity index (χ4n) is 2.36. The van der Waals surface area contributed by atoms with E-state index in [4.69, 9.17) is 4.74 Å². The Morgan fingerprint density at radius 3 is 2.91 bits per heavy atom. The number of hydrogen-bond acceptors (Lipinski definition) is 6. The predicted molar refractivity (Wildman–Crippen MR) is 76.1 cm³/mol. The summed E-state index contributed by atoms with van der Waals surface area (Å²) in [5, 5.41) is 3.52. The van der Waals surface area contributed by atoms with Crippen LogP contribution in [0, 0.1) is 0 Å². The van der Waals surface area contributed by atoms with Gasteiger partial charge in [-0.1, -0.05) is 29.4 Å². The standard InChI is InChI=1S/C14H14N2O5S/c17-14(16-22(18,19)9-11-6-8-21-15-11)13-12-4-2-1-3-10(12)5-7-20-13/h1-4,6,8,13H,5,7,9H2,(H,16,17)/t13-/m0/s1. The number of fused-ring (bicyclic) bond motifs is 1. The van der Waals surface area contributed by atoms with Crippen LogP contribution in [0.4, 0.5) is 0 Å². The molecule has 1 aromatic heterocycles. The Bertz CT molecular complexity index is 770. The van der Waals surface area contributed by atoms with Crippen molar-refractivity contribution in [2.24, 2.45) is 0 Å². The second kappa shape index (κ2) is 5.90. The van der Waals surface area contributed by atoms with Gasteiger partial charge in [-0.25, -0.2) is 8.42 Å². The SMILES string of the molecule is O=C(NS(=O)(=O)Cc1ccon1)[C@H]1OCCc2ccccc21. The van der Waals surface area contributed by atoms with Crippen molar-refractivity contribution < 1.29 is 22.5 Å². The van der Waals surface area contributed by atoms with Crippen molar-refractivity contribution in [3.8, 4) is 0 Å². The third-order valence-electron chi connectivity index (χ3n) is 3.32. The number of hydrogen-bond donors (Lipinski definition) is 1. The maximum absolute atomic E-state index is 12.2. The van der Waals surface area contributed by atoms with Crippen LogP contribution < -0.4 is 4.72 Å². The van der Waals surface area contributed by atoms with E-state index < -0.39 is 27.8 Å². The Kier molecular flexibility index (Phi) is 3.95. The highest BCUT2D eigenvalue weighted by Crippen LogP contribution is 2.27. The second-order valence-corrected chi connectivity index (χ2v) is 6.64. The molecular weight excluding hydrogens is 308 g/mol.